The number of alkyl halides is 1. The molecule has 0 saturated heterocycles. The maximum absolute atomic E-state index is 12.3. The van der Waals surface area contributed by atoms with Crippen molar-refractivity contribution in [2.45, 2.75) is 122 Å². The normalized spacial score (nSPS) is 11.5. The van der Waals surface area contributed by atoms with E-state index >= 15 is 0 Å². The number of amides is 4. The monoisotopic (exact) mass is 842 g/mol. The molecular formula is C35H63IN4O11. The molecule has 0 fully saturated rings. The fourth-order valence-corrected chi connectivity index (χ4v) is 5.21. The van der Waals surface area contributed by atoms with Crippen molar-refractivity contribution in [1.29, 1.82) is 0 Å². The van der Waals surface area contributed by atoms with Crippen molar-refractivity contribution in [3.05, 3.63) is 0 Å². The summed E-state index contributed by atoms with van der Waals surface area (Å²) in [5, 5.41) is 28.6. The lowest BCUT2D eigenvalue weighted by Gasteiger charge is -2.14. The molecule has 16 heteroatoms. The second-order valence-electron chi connectivity index (χ2n) is 12.3. The smallest absolute Gasteiger partial charge is 0.326 e. The van der Waals surface area contributed by atoms with Crippen molar-refractivity contribution < 1.29 is 53.2 Å². The van der Waals surface area contributed by atoms with Gasteiger partial charge in [0.1, 0.15) is 12.6 Å². The van der Waals surface area contributed by atoms with E-state index in [0.29, 0.717) is 37.2 Å². The maximum atomic E-state index is 12.3. The lowest BCUT2D eigenvalue weighted by atomic mass is 10.0. The summed E-state index contributed by atoms with van der Waals surface area (Å²) in [5.41, 5.74) is 0. The highest BCUT2D eigenvalue weighted by Gasteiger charge is 2.20. The number of hydrogen-bond acceptors (Lipinski definition) is 9. The molecule has 51 heavy (non-hydrogen) atoms. The van der Waals surface area contributed by atoms with Crippen molar-refractivity contribution in [1.82, 2.24) is 21.3 Å². The zero-order valence-corrected chi connectivity index (χ0v) is 32.5. The van der Waals surface area contributed by atoms with Gasteiger partial charge in [-0.3, -0.25) is 24.0 Å². The minimum absolute atomic E-state index is 0.0144. The number of nitrogens with one attached hydrogen (secondary N) is 4. The van der Waals surface area contributed by atoms with Crippen LogP contribution in [0.1, 0.15) is 116 Å². The molecule has 296 valence electrons. The summed E-state index contributed by atoms with van der Waals surface area (Å²) in [6, 6.07) is -1.13. The van der Waals surface area contributed by atoms with E-state index in [0.717, 1.165) is 38.5 Å². The molecule has 0 rings (SSSR count). The molecule has 6 N–H and O–H groups in total. The van der Waals surface area contributed by atoms with E-state index in [1.54, 1.807) is 0 Å². The molecule has 0 radical (unpaired) electrons. The first-order valence-corrected chi connectivity index (χ1v) is 20.0. The largest absolute Gasteiger partial charge is 0.481 e. The van der Waals surface area contributed by atoms with Crippen LogP contribution in [0, 0.1) is 0 Å². The highest BCUT2D eigenvalue weighted by molar-refractivity contribution is 14.1. The van der Waals surface area contributed by atoms with Gasteiger partial charge in [-0.1, -0.05) is 99.6 Å². The van der Waals surface area contributed by atoms with E-state index in [1.807, 2.05) is 22.6 Å². The SMILES string of the molecule is O=C(O)CCCCCCCCCCCCCCCCC(=O)N[C@@H](CCC(=O)NCCOCCOCC(=O)NCCOCCNC(=O)CI)C(=O)O. The van der Waals surface area contributed by atoms with E-state index in [-0.39, 0.29) is 82.3 Å². The highest BCUT2D eigenvalue weighted by Crippen LogP contribution is 2.14. The van der Waals surface area contributed by atoms with E-state index < -0.39 is 18.0 Å². The number of aliphatic carboxylic acids is 2. The fraction of sp³-hybridized carbons (Fsp3) is 0.829. The van der Waals surface area contributed by atoms with Gasteiger partial charge in [0, 0.05) is 38.9 Å². The number of carboxylic acid groups (broad SMARTS) is 2. The predicted molar refractivity (Wildman–Crippen MR) is 201 cm³/mol. The zero-order valence-electron chi connectivity index (χ0n) is 30.3. The van der Waals surface area contributed by atoms with Crippen molar-refractivity contribution >= 4 is 58.2 Å². The van der Waals surface area contributed by atoms with E-state index in [9.17, 15) is 33.9 Å². The summed E-state index contributed by atoms with van der Waals surface area (Å²) in [5.74, 6) is -2.90. The fourth-order valence-electron chi connectivity index (χ4n) is 4.94. The standard InChI is InChI=1S/C35H63IN4O11/c36-27-32(43)38-20-22-49-23-21-39-33(44)28-51-26-25-50-24-19-37-30(41)18-17-29(35(47)48)40-31(42)15-13-11-9-7-5-3-1-2-4-6-8-10-12-14-16-34(45)46/h29H,1-28H2,(H,37,41)(H,38,43)(H,39,44)(H,40,42)(H,45,46)(H,47,48)/t29-/m0/s1. The van der Waals surface area contributed by atoms with Crippen LogP contribution in [0.2, 0.25) is 0 Å². The van der Waals surface area contributed by atoms with Crippen molar-refractivity contribution in [2.24, 2.45) is 0 Å². The first kappa shape index (κ1) is 48.4. The maximum Gasteiger partial charge on any atom is 0.326 e. The number of unbranched alkanes of at least 4 members (excludes halogenated alkanes) is 13. The molecule has 0 aromatic carbocycles. The molecule has 4 amide bonds. The topological polar surface area (TPSA) is 219 Å². The summed E-state index contributed by atoms with van der Waals surface area (Å²) in [4.78, 5) is 69.3. The van der Waals surface area contributed by atoms with Crippen LogP contribution in [-0.2, 0) is 43.0 Å². The molecule has 1 atom stereocenters. The Balaban J connectivity index is 3.67. The first-order chi connectivity index (χ1) is 24.6. The van der Waals surface area contributed by atoms with Gasteiger partial charge >= 0.3 is 11.9 Å². The third-order valence-corrected chi connectivity index (χ3v) is 8.46. The van der Waals surface area contributed by atoms with Crippen LogP contribution >= 0.6 is 22.6 Å². The van der Waals surface area contributed by atoms with E-state index in [4.69, 9.17) is 19.3 Å². The predicted octanol–water partition coefficient (Wildman–Crippen LogP) is 3.50. The van der Waals surface area contributed by atoms with E-state index in [2.05, 4.69) is 21.3 Å². The van der Waals surface area contributed by atoms with Crippen LogP contribution in [0.5, 0.6) is 0 Å². The molecule has 0 heterocycles. The molecule has 0 spiro atoms. The highest BCUT2D eigenvalue weighted by atomic mass is 127. The van der Waals surface area contributed by atoms with Gasteiger partial charge < -0.3 is 45.7 Å². The van der Waals surface area contributed by atoms with Gasteiger partial charge in [-0.05, 0) is 19.3 Å². The summed E-state index contributed by atoms with van der Waals surface area (Å²) in [6.07, 6.45) is 15.6. The molecule has 0 aliphatic rings. The van der Waals surface area contributed by atoms with Gasteiger partial charge in [0.25, 0.3) is 0 Å². The molecule has 15 nitrogen and oxygen atoms in total. The van der Waals surface area contributed by atoms with Gasteiger partial charge in [-0.2, -0.15) is 0 Å². The Bertz CT molecular complexity index is 959. The second-order valence-corrected chi connectivity index (χ2v) is 13.1. The number of rotatable bonds is 37. The Morgan fingerprint density at radius 1 is 0.490 bits per heavy atom. The second kappa shape index (κ2) is 35.8. The van der Waals surface area contributed by atoms with Crippen LogP contribution in [0.25, 0.3) is 0 Å². The molecule has 0 unspecified atom stereocenters. The lowest BCUT2D eigenvalue weighted by Crippen LogP contribution is -2.41. The average molecular weight is 843 g/mol. The third-order valence-electron chi connectivity index (χ3n) is 7.77. The Kier molecular flexibility index (Phi) is 34.0. The Morgan fingerprint density at radius 3 is 1.41 bits per heavy atom. The van der Waals surface area contributed by atoms with Gasteiger partial charge in [-0.25, -0.2) is 4.79 Å². The average Bonchev–Trinajstić information content (AvgIpc) is 3.10. The number of hydrogen-bond donors (Lipinski definition) is 6. The van der Waals surface area contributed by atoms with Gasteiger partial charge in [0.2, 0.25) is 23.6 Å². The number of carbonyl (C=O) groups is 6. The number of carbonyl (C=O) groups excluding carboxylic acids is 4. The van der Waals surface area contributed by atoms with Gasteiger partial charge in [-0.15, -0.1) is 0 Å². The summed E-state index contributed by atoms with van der Waals surface area (Å²) in [7, 11) is 0. The quantitative estimate of drug-likeness (QED) is 0.0302. The third kappa shape index (κ3) is 35.6. The minimum Gasteiger partial charge on any atom is -0.481 e. The minimum atomic E-state index is -1.17. The molecular weight excluding hydrogens is 779 g/mol. The lowest BCUT2D eigenvalue weighted by molar-refractivity contribution is -0.142. The van der Waals surface area contributed by atoms with Gasteiger partial charge in [0.05, 0.1) is 37.5 Å². The van der Waals surface area contributed by atoms with Crippen LogP contribution in [0.15, 0.2) is 0 Å². The van der Waals surface area contributed by atoms with Crippen LogP contribution < -0.4 is 21.3 Å². The van der Waals surface area contributed by atoms with Crippen molar-refractivity contribution in [3.8, 4) is 0 Å². The Morgan fingerprint density at radius 2 is 0.922 bits per heavy atom. The van der Waals surface area contributed by atoms with Crippen molar-refractivity contribution in [2.75, 3.05) is 63.7 Å². The summed E-state index contributed by atoms with van der Waals surface area (Å²) < 4.78 is 16.3. The molecule has 0 aromatic heterocycles. The zero-order chi connectivity index (χ0) is 37.8. The molecule has 0 saturated carbocycles. The summed E-state index contributed by atoms with van der Waals surface area (Å²) >= 11 is 1.97. The number of ether oxygens (including phenoxy) is 3. The van der Waals surface area contributed by atoms with Crippen molar-refractivity contribution in [3.63, 3.8) is 0 Å². The molecule has 0 aliphatic carbocycles. The Hall–Kier alpha value is -2.57. The summed E-state index contributed by atoms with van der Waals surface area (Å²) in [6.45, 7) is 2.15. The molecule has 0 bridgehead atoms. The van der Waals surface area contributed by atoms with E-state index in [1.165, 1.54) is 44.9 Å². The van der Waals surface area contributed by atoms with Crippen LogP contribution in [0.3, 0.4) is 0 Å². The number of halogens is 1. The number of carboxylic acids is 2. The van der Waals surface area contributed by atoms with Crippen LogP contribution in [0.4, 0.5) is 0 Å². The molecule has 0 aromatic rings. The van der Waals surface area contributed by atoms with Crippen LogP contribution in [-0.4, -0.2) is 116 Å². The Labute approximate surface area is 317 Å². The molecule has 0 aliphatic heterocycles. The van der Waals surface area contributed by atoms with Gasteiger partial charge in [0.15, 0.2) is 0 Å². The first-order valence-electron chi connectivity index (χ1n) is 18.5.